The molecule has 1 aliphatic heterocycles. The van der Waals surface area contributed by atoms with Gasteiger partial charge >= 0.3 is 0 Å². The van der Waals surface area contributed by atoms with E-state index in [1.165, 1.54) is 12.1 Å². The van der Waals surface area contributed by atoms with Crippen LogP contribution in [-0.2, 0) is 10.0 Å². The minimum Gasteiger partial charge on any atom is -0.310 e. The smallest absolute Gasteiger partial charge is 0.240 e. The Morgan fingerprint density at radius 3 is 2.63 bits per heavy atom. The summed E-state index contributed by atoms with van der Waals surface area (Å²) >= 11 is 0. The molecule has 1 aromatic carbocycles. The Balaban J connectivity index is 1.96. The first-order valence-electron chi connectivity index (χ1n) is 6.48. The molecule has 0 radical (unpaired) electrons. The van der Waals surface area contributed by atoms with Gasteiger partial charge in [0.25, 0.3) is 0 Å². The van der Waals surface area contributed by atoms with Gasteiger partial charge in [0.05, 0.1) is 4.90 Å². The number of hydrogen-bond donors (Lipinski definition) is 2. The lowest BCUT2D eigenvalue weighted by molar-refractivity contribution is 0.334. The Hall–Kier alpha value is -0.980. The predicted octanol–water partition coefficient (Wildman–Crippen LogP) is 1.63. The summed E-state index contributed by atoms with van der Waals surface area (Å²) in [5.41, 5.74) is 0. The normalized spacial score (nSPS) is 24.3. The maximum Gasteiger partial charge on any atom is 0.240 e. The van der Waals surface area contributed by atoms with Crippen LogP contribution in [0.5, 0.6) is 0 Å². The quantitative estimate of drug-likeness (QED) is 0.884. The van der Waals surface area contributed by atoms with Gasteiger partial charge in [-0.1, -0.05) is 6.42 Å². The maximum atomic E-state index is 12.8. The van der Waals surface area contributed by atoms with Gasteiger partial charge < -0.3 is 5.32 Å². The fourth-order valence-corrected chi connectivity index (χ4v) is 3.39. The second-order valence-electron chi connectivity index (χ2n) is 5.00. The molecule has 0 spiro atoms. The maximum absolute atomic E-state index is 12.8. The molecule has 0 aromatic heterocycles. The van der Waals surface area contributed by atoms with Crippen LogP contribution in [0.1, 0.15) is 26.2 Å². The topological polar surface area (TPSA) is 58.2 Å². The zero-order valence-corrected chi connectivity index (χ0v) is 11.7. The number of halogens is 1. The van der Waals surface area contributed by atoms with Crippen molar-refractivity contribution in [2.75, 3.05) is 6.54 Å². The molecule has 2 unspecified atom stereocenters. The molecule has 0 aliphatic carbocycles. The van der Waals surface area contributed by atoms with E-state index in [4.69, 9.17) is 0 Å². The highest BCUT2D eigenvalue weighted by Crippen LogP contribution is 2.13. The third-order valence-corrected chi connectivity index (χ3v) is 4.79. The second-order valence-corrected chi connectivity index (χ2v) is 6.77. The van der Waals surface area contributed by atoms with E-state index in [9.17, 15) is 12.8 Å². The molecule has 0 amide bonds. The SMILES string of the molecule is CC1CCCC(CNS(=O)(=O)c2ccc(F)cc2)N1. The van der Waals surface area contributed by atoms with Crippen molar-refractivity contribution in [2.24, 2.45) is 0 Å². The summed E-state index contributed by atoms with van der Waals surface area (Å²) < 4.78 is 39.4. The van der Waals surface area contributed by atoms with E-state index < -0.39 is 15.8 Å². The van der Waals surface area contributed by atoms with Gasteiger partial charge in [0.2, 0.25) is 10.0 Å². The van der Waals surface area contributed by atoms with Crippen molar-refractivity contribution >= 4 is 10.0 Å². The van der Waals surface area contributed by atoms with Crippen molar-refractivity contribution in [3.05, 3.63) is 30.1 Å². The first kappa shape index (κ1) is 14.4. The molecule has 0 saturated carbocycles. The van der Waals surface area contributed by atoms with Crippen molar-refractivity contribution in [3.63, 3.8) is 0 Å². The molecule has 2 atom stereocenters. The lowest BCUT2D eigenvalue weighted by atomic mass is 10.00. The number of rotatable bonds is 4. The molecule has 2 N–H and O–H groups in total. The number of benzene rings is 1. The monoisotopic (exact) mass is 286 g/mol. The lowest BCUT2D eigenvalue weighted by Gasteiger charge is -2.28. The first-order valence-corrected chi connectivity index (χ1v) is 7.97. The summed E-state index contributed by atoms with van der Waals surface area (Å²) in [5, 5.41) is 3.36. The van der Waals surface area contributed by atoms with Crippen LogP contribution in [0, 0.1) is 5.82 Å². The molecule has 1 aliphatic rings. The highest BCUT2D eigenvalue weighted by molar-refractivity contribution is 7.89. The number of nitrogens with one attached hydrogen (secondary N) is 2. The third-order valence-electron chi connectivity index (χ3n) is 3.35. The molecule has 6 heteroatoms. The summed E-state index contributed by atoms with van der Waals surface area (Å²) in [6.45, 7) is 2.46. The van der Waals surface area contributed by atoms with Crippen LogP contribution in [0.2, 0.25) is 0 Å². The van der Waals surface area contributed by atoms with Gasteiger partial charge in [-0.25, -0.2) is 17.5 Å². The van der Waals surface area contributed by atoms with Crippen molar-refractivity contribution in [1.29, 1.82) is 0 Å². The Morgan fingerprint density at radius 2 is 2.00 bits per heavy atom. The average molecular weight is 286 g/mol. The van der Waals surface area contributed by atoms with Crippen LogP contribution in [0.4, 0.5) is 4.39 Å². The van der Waals surface area contributed by atoms with Gasteiger partial charge in [0, 0.05) is 18.6 Å². The molecule has 4 nitrogen and oxygen atoms in total. The summed E-state index contributed by atoms with van der Waals surface area (Å²) in [6.07, 6.45) is 3.20. The van der Waals surface area contributed by atoms with Crippen molar-refractivity contribution in [2.45, 2.75) is 43.2 Å². The highest BCUT2D eigenvalue weighted by atomic mass is 32.2. The fourth-order valence-electron chi connectivity index (χ4n) is 2.31. The molecule has 2 rings (SSSR count). The standard InChI is InChI=1S/C13H19FN2O2S/c1-10-3-2-4-12(16-10)9-15-19(17,18)13-7-5-11(14)6-8-13/h5-8,10,12,15-16H,2-4,9H2,1H3. The molecule has 1 heterocycles. The summed E-state index contributed by atoms with van der Waals surface area (Å²) in [5.74, 6) is -0.443. The van der Waals surface area contributed by atoms with Crippen LogP contribution >= 0.6 is 0 Å². The van der Waals surface area contributed by atoms with Gasteiger partial charge in [0.15, 0.2) is 0 Å². The van der Waals surface area contributed by atoms with Crippen molar-refractivity contribution in [3.8, 4) is 0 Å². The van der Waals surface area contributed by atoms with E-state index in [0.717, 1.165) is 31.4 Å². The molecule has 19 heavy (non-hydrogen) atoms. The highest BCUT2D eigenvalue weighted by Gasteiger charge is 2.20. The van der Waals surface area contributed by atoms with Gasteiger partial charge in [-0.15, -0.1) is 0 Å². The Morgan fingerprint density at radius 1 is 1.32 bits per heavy atom. The summed E-state index contributed by atoms with van der Waals surface area (Å²) in [6, 6.07) is 5.43. The van der Waals surface area contributed by atoms with E-state index in [1.54, 1.807) is 0 Å². The second kappa shape index (κ2) is 5.98. The van der Waals surface area contributed by atoms with E-state index in [1.807, 2.05) is 0 Å². The van der Waals surface area contributed by atoms with Crippen LogP contribution in [-0.4, -0.2) is 27.0 Å². The molecule has 1 aromatic rings. The van der Waals surface area contributed by atoms with Gasteiger partial charge in [0.1, 0.15) is 5.82 Å². The third kappa shape index (κ3) is 3.99. The van der Waals surface area contributed by atoms with Crippen LogP contribution in [0.3, 0.4) is 0 Å². The Labute approximate surface area is 113 Å². The van der Waals surface area contributed by atoms with E-state index in [0.29, 0.717) is 12.6 Å². The average Bonchev–Trinajstić information content (AvgIpc) is 2.37. The van der Waals surface area contributed by atoms with E-state index in [2.05, 4.69) is 17.0 Å². The number of hydrogen-bond acceptors (Lipinski definition) is 3. The predicted molar refractivity (Wildman–Crippen MR) is 71.8 cm³/mol. The number of sulfonamides is 1. The molecule has 1 fully saturated rings. The summed E-state index contributed by atoms with van der Waals surface area (Å²) in [4.78, 5) is 0.0951. The van der Waals surface area contributed by atoms with Gasteiger partial charge in [-0.2, -0.15) is 0 Å². The van der Waals surface area contributed by atoms with E-state index >= 15 is 0 Å². The Bertz CT molecular complexity index is 516. The van der Waals surface area contributed by atoms with Gasteiger partial charge in [-0.05, 0) is 44.0 Å². The molecular weight excluding hydrogens is 267 g/mol. The first-order chi connectivity index (χ1) is 8.97. The van der Waals surface area contributed by atoms with Gasteiger partial charge in [-0.3, -0.25) is 0 Å². The van der Waals surface area contributed by atoms with Crippen LogP contribution < -0.4 is 10.0 Å². The summed E-state index contributed by atoms with van der Waals surface area (Å²) in [7, 11) is -3.55. The number of piperidine rings is 1. The minimum atomic E-state index is -3.55. The Kier molecular flexibility index (Phi) is 4.54. The molecule has 106 valence electrons. The fraction of sp³-hybridized carbons (Fsp3) is 0.538. The molecule has 0 bridgehead atoms. The van der Waals surface area contributed by atoms with Crippen molar-refractivity contribution < 1.29 is 12.8 Å². The molecule has 1 saturated heterocycles. The zero-order chi connectivity index (χ0) is 13.9. The van der Waals surface area contributed by atoms with Crippen molar-refractivity contribution in [1.82, 2.24) is 10.0 Å². The van der Waals surface area contributed by atoms with Crippen LogP contribution in [0.25, 0.3) is 0 Å². The lowest BCUT2D eigenvalue weighted by Crippen LogP contribution is -2.47. The minimum absolute atomic E-state index is 0.0951. The largest absolute Gasteiger partial charge is 0.310 e. The van der Waals surface area contributed by atoms with Crippen LogP contribution in [0.15, 0.2) is 29.2 Å². The zero-order valence-electron chi connectivity index (χ0n) is 10.9. The van der Waals surface area contributed by atoms with E-state index in [-0.39, 0.29) is 10.9 Å². The molecular formula is C13H19FN2O2S.